The molecule has 0 N–H and O–H groups in total. The molecule has 136 valence electrons. The topological polar surface area (TPSA) is 27.7 Å². The monoisotopic (exact) mass is 342 g/mol. The molecule has 3 fully saturated rings. The van der Waals surface area contributed by atoms with Crippen molar-refractivity contribution >= 4 is 6.08 Å². The highest BCUT2D eigenvalue weighted by molar-refractivity contribution is 5.50. The Balaban J connectivity index is 1.30. The zero-order valence-corrected chi connectivity index (χ0v) is 15.1. The molecule has 1 spiro atoms. The number of benzene rings is 1. The summed E-state index contributed by atoms with van der Waals surface area (Å²) in [5.74, 6) is 0.298. The highest BCUT2D eigenvalue weighted by atomic mass is 17.2. The van der Waals surface area contributed by atoms with Crippen LogP contribution in [0.4, 0.5) is 0 Å². The van der Waals surface area contributed by atoms with Crippen molar-refractivity contribution in [3.63, 3.8) is 0 Å². The van der Waals surface area contributed by atoms with Gasteiger partial charge in [0.1, 0.15) is 6.10 Å². The second-order valence-electron chi connectivity index (χ2n) is 7.86. The smallest absolute Gasteiger partial charge is 0.201 e. The third-order valence-electron chi connectivity index (χ3n) is 5.97. The van der Waals surface area contributed by atoms with Gasteiger partial charge < -0.3 is 4.74 Å². The van der Waals surface area contributed by atoms with Gasteiger partial charge >= 0.3 is 0 Å². The lowest BCUT2D eigenvalue weighted by Crippen LogP contribution is -2.45. The summed E-state index contributed by atoms with van der Waals surface area (Å²) in [6.07, 6.45) is 16.4. The molecule has 0 bridgehead atoms. The molecule has 2 aliphatic carbocycles. The Morgan fingerprint density at radius 2 is 1.60 bits per heavy atom. The minimum atomic E-state index is -0.468. The minimum Gasteiger partial charge on any atom is -0.344 e. The SMILES string of the molecule is C(=CC1COC2(CCCCC2)OO1)c1ccc(C2CCCCC2)cc1. The van der Waals surface area contributed by atoms with Crippen LogP contribution in [0, 0.1) is 0 Å². The van der Waals surface area contributed by atoms with E-state index in [-0.39, 0.29) is 6.10 Å². The molecule has 3 heteroatoms. The Morgan fingerprint density at radius 3 is 2.28 bits per heavy atom. The normalized spacial score (nSPS) is 27.8. The van der Waals surface area contributed by atoms with E-state index in [1.165, 1.54) is 49.7 Å². The van der Waals surface area contributed by atoms with Crippen molar-refractivity contribution < 1.29 is 14.5 Å². The van der Waals surface area contributed by atoms with Crippen LogP contribution in [0.15, 0.2) is 30.3 Å². The van der Waals surface area contributed by atoms with Gasteiger partial charge in [-0.15, -0.1) is 0 Å². The predicted octanol–water partition coefficient (Wildman–Crippen LogP) is 5.75. The maximum atomic E-state index is 6.01. The quantitative estimate of drug-likeness (QED) is 0.654. The molecule has 2 saturated carbocycles. The van der Waals surface area contributed by atoms with Crippen LogP contribution in [0.3, 0.4) is 0 Å². The zero-order chi connectivity index (χ0) is 17.0. The number of hydrogen-bond acceptors (Lipinski definition) is 3. The van der Waals surface area contributed by atoms with E-state index < -0.39 is 5.79 Å². The molecule has 25 heavy (non-hydrogen) atoms. The summed E-state index contributed by atoms with van der Waals surface area (Å²) < 4.78 is 6.01. The maximum Gasteiger partial charge on any atom is 0.201 e. The molecule has 1 unspecified atom stereocenters. The molecule has 4 rings (SSSR count). The van der Waals surface area contributed by atoms with Crippen LogP contribution in [0.1, 0.15) is 81.3 Å². The largest absolute Gasteiger partial charge is 0.344 e. The molecule has 1 aliphatic heterocycles. The predicted molar refractivity (Wildman–Crippen MR) is 99.0 cm³/mol. The summed E-state index contributed by atoms with van der Waals surface area (Å²) in [4.78, 5) is 11.2. The van der Waals surface area contributed by atoms with E-state index in [1.807, 2.05) is 6.08 Å². The second kappa shape index (κ2) is 8.03. The molecular weight excluding hydrogens is 312 g/mol. The number of rotatable bonds is 3. The van der Waals surface area contributed by atoms with E-state index in [0.717, 1.165) is 31.6 Å². The second-order valence-corrected chi connectivity index (χ2v) is 7.86. The standard InChI is InChI=1S/C22H30O3/c1-3-7-19(8-4-1)20-12-9-18(10-13-20)11-14-21-17-23-22(25-24-21)15-5-2-6-16-22/h9-14,19,21H,1-8,15-17H2. The van der Waals surface area contributed by atoms with Crippen LogP contribution in [0.2, 0.25) is 0 Å². The van der Waals surface area contributed by atoms with Crippen molar-refractivity contribution in [1.82, 2.24) is 0 Å². The van der Waals surface area contributed by atoms with Crippen molar-refractivity contribution in [3.8, 4) is 0 Å². The van der Waals surface area contributed by atoms with Crippen LogP contribution >= 0.6 is 0 Å². The first-order valence-electron chi connectivity index (χ1n) is 10.1. The maximum absolute atomic E-state index is 6.01. The first kappa shape index (κ1) is 17.3. The molecule has 1 aromatic rings. The highest BCUT2D eigenvalue weighted by Gasteiger charge is 2.39. The number of ether oxygens (including phenoxy) is 1. The van der Waals surface area contributed by atoms with Gasteiger partial charge in [-0.3, -0.25) is 0 Å². The summed E-state index contributed by atoms with van der Waals surface area (Å²) in [5, 5.41) is 0. The van der Waals surface area contributed by atoms with Crippen molar-refractivity contribution in [2.75, 3.05) is 6.61 Å². The third kappa shape index (κ3) is 4.33. The van der Waals surface area contributed by atoms with Crippen LogP contribution < -0.4 is 0 Å². The van der Waals surface area contributed by atoms with Gasteiger partial charge in [0, 0.05) is 12.8 Å². The fourth-order valence-electron chi connectivity index (χ4n) is 4.37. The van der Waals surface area contributed by atoms with Gasteiger partial charge in [0.2, 0.25) is 5.79 Å². The van der Waals surface area contributed by atoms with Gasteiger partial charge in [-0.05, 0) is 48.8 Å². The van der Waals surface area contributed by atoms with Crippen molar-refractivity contribution in [1.29, 1.82) is 0 Å². The van der Waals surface area contributed by atoms with Crippen LogP contribution in [-0.2, 0) is 14.5 Å². The minimum absolute atomic E-state index is 0.120. The van der Waals surface area contributed by atoms with Crippen LogP contribution in [-0.4, -0.2) is 18.5 Å². The Morgan fingerprint density at radius 1 is 0.880 bits per heavy atom. The van der Waals surface area contributed by atoms with Crippen molar-refractivity contribution in [2.45, 2.75) is 82.0 Å². The van der Waals surface area contributed by atoms with Gasteiger partial charge in [0.25, 0.3) is 0 Å². The summed E-state index contributed by atoms with van der Waals surface area (Å²) in [7, 11) is 0. The molecule has 1 atom stereocenters. The molecule has 0 amide bonds. The fraction of sp³-hybridized carbons (Fsp3) is 0.636. The van der Waals surface area contributed by atoms with Crippen LogP contribution in [0.5, 0.6) is 0 Å². The first-order valence-corrected chi connectivity index (χ1v) is 10.1. The van der Waals surface area contributed by atoms with E-state index in [2.05, 4.69) is 30.3 Å². The zero-order valence-electron chi connectivity index (χ0n) is 15.1. The summed E-state index contributed by atoms with van der Waals surface area (Å²) in [6.45, 7) is 0.580. The fourth-order valence-corrected chi connectivity index (χ4v) is 4.37. The first-order chi connectivity index (χ1) is 12.3. The van der Waals surface area contributed by atoms with E-state index >= 15 is 0 Å². The van der Waals surface area contributed by atoms with Crippen LogP contribution in [0.25, 0.3) is 6.08 Å². The molecule has 3 nitrogen and oxygen atoms in total. The highest BCUT2D eigenvalue weighted by Crippen LogP contribution is 2.36. The molecule has 0 aromatic heterocycles. The molecule has 1 saturated heterocycles. The van der Waals surface area contributed by atoms with Crippen molar-refractivity contribution in [3.05, 3.63) is 41.5 Å². The Kier molecular flexibility index (Phi) is 5.54. The molecule has 0 radical (unpaired) electrons. The van der Waals surface area contributed by atoms with Gasteiger partial charge in [-0.25, -0.2) is 9.78 Å². The van der Waals surface area contributed by atoms with Gasteiger partial charge in [0.05, 0.1) is 6.61 Å². The molecule has 1 heterocycles. The molecule has 3 aliphatic rings. The lowest BCUT2D eigenvalue weighted by molar-refractivity contribution is -0.484. The van der Waals surface area contributed by atoms with Gasteiger partial charge in [-0.2, -0.15) is 0 Å². The van der Waals surface area contributed by atoms with Gasteiger partial charge in [0.15, 0.2) is 0 Å². The summed E-state index contributed by atoms with van der Waals surface area (Å²) >= 11 is 0. The third-order valence-corrected chi connectivity index (χ3v) is 5.97. The van der Waals surface area contributed by atoms with Crippen molar-refractivity contribution in [2.24, 2.45) is 0 Å². The molecule has 1 aromatic carbocycles. The summed E-state index contributed by atoms with van der Waals surface area (Å²) in [5.41, 5.74) is 2.71. The average molecular weight is 342 g/mol. The van der Waals surface area contributed by atoms with E-state index in [4.69, 9.17) is 14.5 Å². The lowest BCUT2D eigenvalue weighted by Gasteiger charge is -2.40. The lowest BCUT2D eigenvalue weighted by atomic mass is 9.84. The molecular formula is C22H30O3. The number of hydrogen-bond donors (Lipinski definition) is 0. The van der Waals surface area contributed by atoms with Gasteiger partial charge in [-0.1, -0.05) is 56.0 Å². The van der Waals surface area contributed by atoms with E-state index in [9.17, 15) is 0 Å². The average Bonchev–Trinajstić information content (AvgIpc) is 2.69. The Bertz CT molecular complexity index is 555. The van der Waals surface area contributed by atoms with E-state index in [0.29, 0.717) is 6.61 Å². The Hall–Kier alpha value is -1.16. The Labute approximate surface area is 151 Å². The van der Waals surface area contributed by atoms with E-state index in [1.54, 1.807) is 0 Å². The summed E-state index contributed by atoms with van der Waals surface area (Å²) in [6, 6.07) is 9.02.